The van der Waals surface area contributed by atoms with Crippen molar-refractivity contribution in [3.63, 3.8) is 0 Å². The Labute approximate surface area is 209 Å². The first-order valence-corrected chi connectivity index (χ1v) is 13.0. The Morgan fingerprint density at radius 2 is 1.67 bits per heavy atom. The number of hydrogen-bond acceptors (Lipinski definition) is 5. The maximum Gasteiger partial charge on any atom is 0.254 e. The van der Waals surface area contributed by atoms with Crippen LogP contribution in [0.4, 0.5) is 14.5 Å². The highest BCUT2D eigenvalue weighted by Crippen LogP contribution is 2.32. The number of carbonyl (C=O) groups excluding carboxylic acids is 1. The summed E-state index contributed by atoms with van der Waals surface area (Å²) in [6.45, 7) is 1.87. The molecule has 0 unspecified atom stereocenters. The van der Waals surface area contributed by atoms with E-state index in [0.29, 0.717) is 49.6 Å². The summed E-state index contributed by atoms with van der Waals surface area (Å²) >= 11 is 0. The second-order valence-corrected chi connectivity index (χ2v) is 10.2. The molecule has 1 fully saturated rings. The number of halogens is 2. The molecular formula is C26H27F2N3O4S. The average Bonchev–Trinajstić information content (AvgIpc) is 2.89. The number of methoxy groups -OCH3 is 1. The SMILES string of the molecule is COc1ccc(S(=O)(=O)NCCc2ccc(F)cc2)cc1N1CCN(C(=O)c2cccc(F)c2)CC1. The quantitative estimate of drug-likeness (QED) is 0.497. The maximum atomic E-state index is 13.5. The van der Waals surface area contributed by atoms with E-state index < -0.39 is 15.8 Å². The van der Waals surface area contributed by atoms with Crippen LogP contribution in [0.15, 0.2) is 71.6 Å². The van der Waals surface area contributed by atoms with Crippen LogP contribution in [0.5, 0.6) is 5.75 Å². The number of amides is 1. The summed E-state index contributed by atoms with van der Waals surface area (Å²) in [5, 5.41) is 0. The number of ether oxygens (including phenoxy) is 1. The fraction of sp³-hybridized carbons (Fsp3) is 0.269. The third-order valence-electron chi connectivity index (χ3n) is 6.06. The van der Waals surface area contributed by atoms with E-state index in [1.807, 2.05) is 4.90 Å². The number of piperazine rings is 1. The van der Waals surface area contributed by atoms with Gasteiger partial charge in [-0.2, -0.15) is 0 Å². The molecule has 0 aromatic heterocycles. The zero-order valence-corrected chi connectivity index (χ0v) is 20.6. The maximum absolute atomic E-state index is 13.5. The van der Waals surface area contributed by atoms with Crippen LogP contribution in [0, 0.1) is 11.6 Å². The van der Waals surface area contributed by atoms with Gasteiger partial charge in [-0.25, -0.2) is 21.9 Å². The molecule has 7 nitrogen and oxygen atoms in total. The van der Waals surface area contributed by atoms with Crippen LogP contribution in [0.2, 0.25) is 0 Å². The molecule has 0 spiro atoms. The van der Waals surface area contributed by atoms with Gasteiger partial charge in [0, 0.05) is 38.3 Å². The lowest BCUT2D eigenvalue weighted by Gasteiger charge is -2.36. The van der Waals surface area contributed by atoms with Crippen LogP contribution >= 0.6 is 0 Å². The largest absolute Gasteiger partial charge is 0.495 e. The number of anilines is 1. The lowest BCUT2D eigenvalue weighted by atomic mass is 10.1. The first-order chi connectivity index (χ1) is 17.3. The second-order valence-electron chi connectivity index (χ2n) is 8.40. The highest BCUT2D eigenvalue weighted by Gasteiger charge is 2.25. The summed E-state index contributed by atoms with van der Waals surface area (Å²) in [7, 11) is -2.28. The van der Waals surface area contributed by atoms with E-state index in [0.717, 1.165) is 5.56 Å². The molecule has 1 aliphatic rings. The van der Waals surface area contributed by atoms with Crippen molar-refractivity contribution in [2.24, 2.45) is 0 Å². The Morgan fingerprint density at radius 3 is 2.33 bits per heavy atom. The van der Waals surface area contributed by atoms with Crippen LogP contribution in [0.25, 0.3) is 0 Å². The number of hydrogen-bond donors (Lipinski definition) is 1. The molecule has 190 valence electrons. The number of sulfonamides is 1. The normalized spacial score (nSPS) is 14.1. The molecule has 1 heterocycles. The molecule has 0 aliphatic carbocycles. The van der Waals surface area contributed by atoms with E-state index in [2.05, 4.69) is 4.72 Å². The minimum absolute atomic E-state index is 0.0932. The van der Waals surface area contributed by atoms with E-state index in [1.165, 1.54) is 43.5 Å². The Balaban J connectivity index is 1.43. The van der Waals surface area contributed by atoms with E-state index in [9.17, 15) is 22.0 Å². The number of rotatable bonds is 8. The van der Waals surface area contributed by atoms with Gasteiger partial charge in [0.2, 0.25) is 10.0 Å². The second kappa shape index (κ2) is 11.0. The van der Waals surface area contributed by atoms with Crippen molar-refractivity contribution in [3.8, 4) is 5.75 Å². The Kier molecular flexibility index (Phi) is 7.85. The number of benzene rings is 3. The van der Waals surface area contributed by atoms with Gasteiger partial charge in [-0.05, 0) is 60.5 Å². The van der Waals surface area contributed by atoms with Crippen molar-refractivity contribution in [2.45, 2.75) is 11.3 Å². The molecule has 36 heavy (non-hydrogen) atoms. The molecule has 1 N–H and O–H groups in total. The van der Waals surface area contributed by atoms with Crippen LogP contribution in [0.1, 0.15) is 15.9 Å². The first kappa shape index (κ1) is 25.6. The summed E-state index contributed by atoms with van der Waals surface area (Å²) in [5.41, 5.74) is 1.72. The van der Waals surface area contributed by atoms with E-state index in [-0.39, 0.29) is 23.2 Å². The van der Waals surface area contributed by atoms with Gasteiger partial charge in [0.05, 0.1) is 17.7 Å². The minimum atomic E-state index is -3.80. The van der Waals surface area contributed by atoms with Gasteiger partial charge in [0.15, 0.2) is 0 Å². The van der Waals surface area contributed by atoms with Crippen LogP contribution in [-0.4, -0.2) is 59.1 Å². The molecule has 4 rings (SSSR count). The van der Waals surface area contributed by atoms with Gasteiger partial charge in [-0.15, -0.1) is 0 Å². The Morgan fingerprint density at radius 1 is 0.944 bits per heavy atom. The molecule has 1 aliphatic heterocycles. The number of carbonyl (C=O) groups is 1. The number of nitrogens with zero attached hydrogens (tertiary/aromatic N) is 2. The van der Waals surface area contributed by atoms with Crippen LogP contribution in [-0.2, 0) is 16.4 Å². The third kappa shape index (κ3) is 6.00. The smallest absolute Gasteiger partial charge is 0.254 e. The van der Waals surface area contributed by atoms with Gasteiger partial charge in [-0.1, -0.05) is 18.2 Å². The zero-order chi connectivity index (χ0) is 25.7. The topological polar surface area (TPSA) is 79.0 Å². The predicted molar refractivity (Wildman–Crippen MR) is 133 cm³/mol. The van der Waals surface area contributed by atoms with Crippen molar-refractivity contribution >= 4 is 21.6 Å². The molecule has 1 saturated heterocycles. The lowest BCUT2D eigenvalue weighted by molar-refractivity contribution is 0.0746. The molecule has 0 bridgehead atoms. The Bertz CT molecular complexity index is 1330. The van der Waals surface area contributed by atoms with Gasteiger partial charge in [0.1, 0.15) is 17.4 Å². The molecule has 3 aromatic rings. The number of nitrogens with one attached hydrogen (secondary N) is 1. The lowest BCUT2D eigenvalue weighted by Crippen LogP contribution is -2.49. The van der Waals surface area contributed by atoms with E-state index >= 15 is 0 Å². The van der Waals surface area contributed by atoms with Gasteiger partial charge in [-0.3, -0.25) is 4.79 Å². The van der Waals surface area contributed by atoms with Crippen LogP contribution < -0.4 is 14.4 Å². The van der Waals surface area contributed by atoms with Crippen molar-refractivity contribution in [3.05, 3.63) is 89.5 Å². The molecule has 3 aromatic carbocycles. The standard InChI is InChI=1S/C26H27F2N3O4S/c1-35-25-10-9-23(36(33,34)29-12-11-19-5-7-21(27)8-6-19)18-24(25)30-13-15-31(16-14-30)26(32)20-3-2-4-22(28)17-20/h2-10,17-18,29H,11-16H2,1H3. The zero-order valence-electron chi connectivity index (χ0n) is 19.8. The highest BCUT2D eigenvalue weighted by atomic mass is 32.2. The third-order valence-corrected chi connectivity index (χ3v) is 7.52. The summed E-state index contributed by atoms with van der Waals surface area (Å²) in [6.07, 6.45) is 0.420. The Hall–Kier alpha value is -3.50. The minimum Gasteiger partial charge on any atom is -0.495 e. The van der Waals surface area contributed by atoms with Gasteiger partial charge < -0.3 is 14.5 Å². The monoisotopic (exact) mass is 515 g/mol. The summed E-state index contributed by atoms with van der Waals surface area (Å²) < 4.78 is 60.5. The van der Waals surface area contributed by atoms with Crippen molar-refractivity contribution in [1.29, 1.82) is 0 Å². The van der Waals surface area contributed by atoms with E-state index in [1.54, 1.807) is 35.2 Å². The molecule has 0 atom stereocenters. The summed E-state index contributed by atoms with van der Waals surface area (Å²) in [6, 6.07) is 16.2. The van der Waals surface area contributed by atoms with Gasteiger partial charge >= 0.3 is 0 Å². The molecule has 0 saturated carbocycles. The summed E-state index contributed by atoms with van der Waals surface area (Å²) in [5.74, 6) is -0.536. The fourth-order valence-electron chi connectivity index (χ4n) is 4.10. The molecule has 0 radical (unpaired) electrons. The van der Waals surface area contributed by atoms with E-state index in [4.69, 9.17) is 4.74 Å². The van der Waals surface area contributed by atoms with Crippen molar-refractivity contribution in [2.75, 3.05) is 44.7 Å². The molecule has 10 heteroatoms. The summed E-state index contributed by atoms with van der Waals surface area (Å²) in [4.78, 5) is 16.4. The fourth-order valence-corrected chi connectivity index (χ4v) is 5.15. The van der Waals surface area contributed by atoms with Gasteiger partial charge in [0.25, 0.3) is 5.91 Å². The molecule has 1 amide bonds. The predicted octanol–water partition coefficient (Wildman–Crippen LogP) is 3.46. The first-order valence-electron chi connectivity index (χ1n) is 11.5. The average molecular weight is 516 g/mol. The van der Waals surface area contributed by atoms with Crippen molar-refractivity contribution < 1.29 is 26.7 Å². The molecular weight excluding hydrogens is 488 g/mol. The van der Waals surface area contributed by atoms with Crippen molar-refractivity contribution in [1.82, 2.24) is 9.62 Å². The van der Waals surface area contributed by atoms with Crippen LogP contribution in [0.3, 0.4) is 0 Å². The highest BCUT2D eigenvalue weighted by molar-refractivity contribution is 7.89.